The number of morpholine rings is 1. The lowest BCUT2D eigenvalue weighted by atomic mass is 9.61. The Balaban J connectivity index is 1.32. The van der Waals surface area contributed by atoms with E-state index >= 15 is 0 Å². The smallest absolute Gasteiger partial charge is 0.227 e. The Morgan fingerprint density at radius 1 is 1.33 bits per heavy atom. The molecule has 150 valence electrons. The van der Waals surface area contributed by atoms with Crippen molar-refractivity contribution in [1.82, 2.24) is 15.5 Å². The number of carbonyl (C=O) groups excluding carboxylic acids is 1. The summed E-state index contributed by atoms with van der Waals surface area (Å²) in [5, 5.41) is 6.75. The molecule has 2 N–H and O–H groups in total. The Morgan fingerprint density at radius 3 is 3.04 bits per heavy atom. The lowest BCUT2D eigenvalue weighted by molar-refractivity contribution is -0.140. The highest BCUT2D eigenvalue weighted by molar-refractivity contribution is 5.83. The van der Waals surface area contributed by atoms with Crippen LogP contribution in [0.5, 0.6) is 0 Å². The lowest BCUT2D eigenvalue weighted by Gasteiger charge is -2.50. The number of aryl methyl sites for hydroxylation is 1. The van der Waals surface area contributed by atoms with E-state index in [-0.39, 0.29) is 11.3 Å². The number of hydrogen-bond donors (Lipinski definition) is 2. The zero-order valence-electron chi connectivity index (χ0n) is 16.3. The second kappa shape index (κ2) is 8.76. The van der Waals surface area contributed by atoms with Crippen LogP contribution < -0.4 is 10.6 Å². The molecule has 1 aromatic rings. The van der Waals surface area contributed by atoms with Crippen molar-refractivity contribution < 1.29 is 13.9 Å². The highest BCUT2D eigenvalue weighted by atomic mass is 16.5. The molecular formula is C21H33N3O3. The number of ether oxygens (including phenoxy) is 1. The van der Waals surface area contributed by atoms with Gasteiger partial charge in [0.1, 0.15) is 5.76 Å². The van der Waals surface area contributed by atoms with Crippen LogP contribution in [0.25, 0.3) is 0 Å². The molecule has 1 aliphatic carbocycles. The van der Waals surface area contributed by atoms with Gasteiger partial charge in [-0.2, -0.15) is 0 Å². The van der Waals surface area contributed by atoms with Crippen molar-refractivity contribution in [1.29, 1.82) is 0 Å². The Morgan fingerprint density at radius 2 is 2.22 bits per heavy atom. The van der Waals surface area contributed by atoms with Gasteiger partial charge in [-0.1, -0.05) is 0 Å². The molecule has 0 spiro atoms. The molecule has 0 bridgehead atoms. The van der Waals surface area contributed by atoms with Crippen LogP contribution in [0.2, 0.25) is 0 Å². The summed E-state index contributed by atoms with van der Waals surface area (Å²) in [6.45, 7) is 6.38. The highest BCUT2D eigenvalue weighted by Gasteiger charge is 2.50. The maximum atomic E-state index is 13.2. The number of piperidine rings is 1. The van der Waals surface area contributed by atoms with Crippen molar-refractivity contribution in [3.63, 3.8) is 0 Å². The van der Waals surface area contributed by atoms with Crippen molar-refractivity contribution in [3.8, 4) is 0 Å². The van der Waals surface area contributed by atoms with Crippen LogP contribution in [0.3, 0.4) is 0 Å². The zero-order chi connectivity index (χ0) is 18.5. The van der Waals surface area contributed by atoms with Gasteiger partial charge in [0, 0.05) is 38.6 Å². The Labute approximate surface area is 162 Å². The minimum Gasteiger partial charge on any atom is -0.469 e. The minimum atomic E-state index is -0.217. The van der Waals surface area contributed by atoms with E-state index in [1.165, 1.54) is 0 Å². The molecule has 1 amide bonds. The Kier molecular flexibility index (Phi) is 6.15. The van der Waals surface area contributed by atoms with Gasteiger partial charge in [-0.15, -0.1) is 0 Å². The molecule has 0 unspecified atom stereocenters. The molecule has 3 aliphatic rings. The molecule has 2 aliphatic heterocycles. The summed E-state index contributed by atoms with van der Waals surface area (Å²) >= 11 is 0. The minimum absolute atomic E-state index is 0.217. The van der Waals surface area contributed by atoms with Gasteiger partial charge in [0.25, 0.3) is 0 Å². The van der Waals surface area contributed by atoms with Crippen LogP contribution in [0.15, 0.2) is 22.8 Å². The molecule has 27 heavy (non-hydrogen) atoms. The van der Waals surface area contributed by atoms with E-state index in [1.54, 1.807) is 6.26 Å². The summed E-state index contributed by atoms with van der Waals surface area (Å²) in [6.07, 6.45) is 7.89. The fourth-order valence-corrected chi connectivity index (χ4v) is 5.26. The van der Waals surface area contributed by atoms with Gasteiger partial charge in [0.05, 0.1) is 24.9 Å². The summed E-state index contributed by atoms with van der Waals surface area (Å²) in [6, 6.07) is 4.53. The number of furan rings is 1. The molecule has 0 aromatic carbocycles. The average Bonchev–Trinajstić information content (AvgIpc) is 3.25. The molecule has 6 nitrogen and oxygen atoms in total. The normalized spacial score (nSPS) is 32.0. The van der Waals surface area contributed by atoms with E-state index in [4.69, 9.17) is 9.15 Å². The van der Waals surface area contributed by atoms with Crippen LogP contribution >= 0.6 is 0 Å². The SMILES string of the molecule is O=C(NCCCc1ccco1)[C@@]12CC[C@@H](N3CCOCC3)C[C@H]1CCNC2. The number of fused-ring (bicyclic) bond motifs is 1. The molecule has 0 radical (unpaired) electrons. The second-order valence-corrected chi connectivity index (χ2v) is 8.33. The van der Waals surface area contributed by atoms with Crippen LogP contribution in [0, 0.1) is 11.3 Å². The number of nitrogens with zero attached hydrogens (tertiary/aromatic N) is 1. The Bertz CT molecular complexity index is 600. The summed E-state index contributed by atoms with van der Waals surface area (Å²) in [5.41, 5.74) is -0.217. The molecule has 4 rings (SSSR count). The van der Waals surface area contributed by atoms with E-state index in [0.717, 1.165) is 90.2 Å². The van der Waals surface area contributed by atoms with Gasteiger partial charge in [-0.25, -0.2) is 0 Å². The topological polar surface area (TPSA) is 66.7 Å². The highest BCUT2D eigenvalue weighted by Crippen LogP contribution is 2.46. The number of carbonyl (C=O) groups is 1. The molecule has 3 heterocycles. The summed E-state index contributed by atoms with van der Waals surface area (Å²) in [4.78, 5) is 15.8. The first-order valence-corrected chi connectivity index (χ1v) is 10.6. The lowest BCUT2D eigenvalue weighted by Crippen LogP contribution is -2.60. The second-order valence-electron chi connectivity index (χ2n) is 8.33. The van der Waals surface area contributed by atoms with E-state index in [0.29, 0.717) is 12.0 Å². The van der Waals surface area contributed by atoms with Gasteiger partial charge in [0.15, 0.2) is 0 Å². The van der Waals surface area contributed by atoms with Crippen LogP contribution in [0.4, 0.5) is 0 Å². The zero-order valence-corrected chi connectivity index (χ0v) is 16.3. The number of rotatable bonds is 6. The van der Waals surface area contributed by atoms with Crippen molar-refractivity contribution >= 4 is 5.91 Å². The number of nitrogens with one attached hydrogen (secondary N) is 2. The maximum absolute atomic E-state index is 13.2. The molecule has 6 heteroatoms. The van der Waals surface area contributed by atoms with E-state index < -0.39 is 0 Å². The van der Waals surface area contributed by atoms with Crippen molar-refractivity contribution in [2.75, 3.05) is 45.9 Å². The van der Waals surface area contributed by atoms with Crippen molar-refractivity contribution in [2.45, 2.75) is 44.6 Å². The van der Waals surface area contributed by atoms with Gasteiger partial charge in [-0.05, 0) is 56.7 Å². The first-order valence-electron chi connectivity index (χ1n) is 10.6. The fourth-order valence-electron chi connectivity index (χ4n) is 5.26. The molecule has 3 fully saturated rings. The molecular weight excluding hydrogens is 342 g/mol. The van der Waals surface area contributed by atoms with Gasteiger partial charge in [0.2, 0.25) is 5.91 Å². The summed E-state index contributed by atoms with van der Waals surface area (Å²) in [7, 11) is 0. The largest absolute Gasteiger partial charge is 0.469 e. The first kappa shape index (κ1) is 19.0. The predicted octanol–water partition coefficient (Wildman–Crippen LogP) is 1.81. The van der Waals surface area contributed by atoms with Crippen LogP contribution in [-0.2, 0) is 16.0 Å². The van der Waals surface area contributed by atoms with E-state index in [1.807, 2.05) is 12.1 Å². The van der Waals surface area contributed by atoms with Gasteiger partial charge in [-0.3, -0.25) is 9.69 Å². The average molecular weight is 376 g/mol. The Hall–Kier alpha value is -1.37. The monoisotopic (exact) mass is 375 g/mol. The van der Waals surface area contributed by atoms with E-state index in [9.17, 15) is 4.79 Å². The van der Waals surface area contributed by atoms with Crippen LogP contribution in [0.1, 0.15) is 37.9 Å². The number of hydrogen-bond acceptors (Lipinski definition) is 5. The molecule has 2 saturated heterocycles. The molecule has 3 atom stereocenters. The van der Waals surface area contributed by atoms with Crippen molar-refractivity contribution in [3.05, 3.63) is 24.2 Å². The van der Waals surface area contributed by atoms with Crippen LogP contribution in [-0.4, -0.2) is 62.8 Å². The fraction of sp³-hybridized carbons (Fsp3) is 0.762. The van der Waals surface area contributed by atoms with Gasteiger partial charge >= 0.3 is 0 Å². The molecule has 1 aromatic heterocycles. The standard InChI is InChI=1S/C21H33N3O3/c25-20(23-8-1-3-19-4-2-12-27-19)21-7-5-18(24-10-13-26-14-11-24)15-17(21)6-9-22-16-21/h2,4,12,17-18,22H,1,3,5-11,13-16H2,(H,23,25)/t17-,18-,21-/m1/s1. The summed E-state index contributed by atoms with van der Waals surface area (Å²) in [5.74, 6) is 1.75. The third-order valence-electron chi connectivity index (χ3n) is 6.85. The predicted molar refractivity (Wildman–Crippen MR) is 103 cm³/mol. The van der Waals surface area contributed by atoms with Crippen molar-refractivity contribution in [2.24, 2.45) is 11.3 Å². The van der Waals surface area contributed by atoms with E-state index in [2.05, 4.69) is 15.5 Å². The maximum Gasteiger partial charge on any atom is 0.227 e. The third kappa shape index (κ3) is 4.23. The summed E-state index contributed by atoms with van der Waals surface area (Å²) < 4.78 is 10.9. The third-order valence-corrected chi connectivity index (χ3v) is 6.85. The number of amides is 1. The molecule has 1 saturated carbocycles. The first-order chi connectivity index (χ1) is 13.3. The quantitative estimate of drug-likeness (QED) is 0.743. The van der Waals surface area contributed by atoms with Gasteiger partial charge < -0.3 is 19.8 Å².